The average molecular weight is 373 g/mol. The summed E-state index contributed by atoms with van der Waals surface area (Å²) in [6, 6.07) is 17.6. The first-order chi connectivity index (χ1) is 12.5. The number of anilines is 1. The number of nitrogens with zero attached hydrogens (tertiary/aromatic N) is 2. The highest BCUT2D eigenvalue weighted by atomic mass is 32.2. The molecule has 0 radical (unpaired) electrons. The summed E-state index contributed by atoms with van der Waals surface area (Å²) in [5.41, 5.74) is 0.888. The number of hydrogen-bond acceptors (Lipinski definition) is 4. The van der Waals surface area contributed by atoms with E-state index in [1.54, 1.807) is 35.2 Å². The maximum Gasteiger partial charge on any atom is 0.244 e. The molecule has 0 aliphatic carbocycles. The largest absolute Gasteiger partial charge is 0.374 e. The van der Waals surface area contributed by atoms with Gasteiger partial charge >= 0.3 is 0 Å². The number of piperazine rings is 1. The SMILES string of the molecule is CC(Nc1ccccc1)C(=O)N1CCN(S(=O)(=O)c2ccccc2)CC1. The number of sulfonamides is 1. The Morgan fingerprint density at radius 2 is 1.46 bits per heavy atom. The Bertz CT molecular complexity index is 833. The quantitative estimate of drug-likeness (QED) is 0.871. The smallest absolute Gasteiger partial charge is 0.244 e. The van der Waals surface area contributed by atoms with Crippen LogP contribution in [0.15, 0.2) is 65.6 Å². The summed E-state index contributed by atoms with van der Waals surface area (Å²) in [6.45, 7) is 3.22. The molecule has 0 aromatic heterocycles. The Morgan fingerprint density at radius 3 is 2.04 bits per heavy atom. The summed E-state index contributed by atoms with van der Waals surface area (Å²) in [5.74, 6) is -0.0226. The first kappa shape index (κ1) is 18.4. The van der Waals surface area contributed by atoms with Gasteiger partial charge < -0.3 is 10.2 Å². The second kappa shape index (κ2) is 7.88. The van der Waals surface area contributed by atoms with Gasteiger partial charge in [0.1, 0.15) is 6.04 Å². The van der Waals surface area contributed by atoms with E-state index in [2.05, 4.69) is 5.32 Å². The van der Waals surface area contributed by atoms with Gasteiger partial charge in [0.05, 0.1) is 4.90 Å². The minimum absolute atomic E-state index is 0.0226. The number of nitrogens with one attached hydrogen (secondary N) is 1. The van der Waals surface area contributed by atoms with Crippen molar-refractivity contribution in [1.82, 2.24) is 9.21 Å². The van der Waals surface area contributed by atoms with Crippen molar-refractivity contribution in [3.05, 3.63) is 60.7 Å². The summed E-state index contributed by atoms with van der Waals surface area (Å²) < 4.78 is 26.7. The second-order valence-electron chi connectivity index (χ2n) is 6.27. The Morgan fingerprint density at radius 1 is 0.923 bits per heavy atom. The standard InChI is InChI=1S/C19H23N3O3S/c1-16(20-17-8-4-2-5-9-17)19(23)21-12-14-22(15-13-21)26(24,25)18-10-6-3-7-11-18/h2-11,16,20H,12-15H2,1H3. The van der Waals surface area contributed by atoms with E-state index in [1.807, 2.05) is 37.3 Å². The van der Waals surface area contributed by atoms with Crippen molar-refractivity contribution in [3.8, 4) is 0 Å². The van der Waals surface area contributed by atoms with Crippen LogP contribution in [0.4, 0.5) is 5.69 Å². The number of carbonyl (C=O) groups excluding carboxylic acids is 1. The molecular formula is C19H23N3O3S. The fourth-order valence-corrected chi connectivity index (χ4v) is 4.45. The highest BCUT2D eigenvalue weighted by Crippen LogP contribution is 2.18. The van der Waals surface area contributed by atoms with Crippen molar-refractivity contribution in [1.29, 1.82) is 0 Å². The van der Waals surface area contributed by atoms with Gasteiger partial charge in [-0.1, -0.05) is 36.4 Å². The molecule has 138 valence electrons. The summed E-state index contributed by atoms with van der Waals surface area (Å²) in [6.07, 6.45) is 0. The van der Waals surface area contributed by atoms with Crippen LogP contribution in [-0.4, -0.2) is 55.8 Å². The Hall–Kier alpha value is -2.38. The normalized spacial score (nSPS) is 16.9. The predicted molar refractivity (Wildman–Crippen MR) is 101 cm³/mol. The molecule has 26 heavy (non-hydrogen) atoms. The predicted octanol–water partition coefficient (Wildman–Crippen LogP) is 2.02. The molecule has 0 bridgehead atoms. The van der Waals surface area contributed by atoms with E-state index < -0.39 is 10.0 Å². The Labute approximate surface area is 154 Å². The van der Waals surface area contributed by atoms with E-state index >= 15 is 0 Å². The molecule has 6 nitrogen and oxygen atoms in total. The summed E-state index contributed by atoms with van der Waals surface area (Å²) >= 11 is 0. The molecule has 2 aromatic carbocycles. The highest BCUT2D eigenvalue weighted by Gasteiger charge is 2.31. The molecule has 1 amide bonds. The molecule has 1 fully saturated rings. The fraction of sp³-hybridized carbons (Fsp3) is 0.316. The zero-order chi connectivity index (χ0) is 18.6. The Kier molecular flexibility index (Phi) is 5.58. The lowest BCUT2D eigenvalue weighted by atomic mass is 10.2. The van der Waals surface area contributed by atoms with Gasteiger partial charge in [-0.25, -0.2) is 8.42 Å². The van der Waals surface area contributed by atoms with Gasteiger partial charge in [0.2, 0.25) is 15.9 Å². The monoisotopic (exact) mass is 373 g/mol. The van der Waals surface area contributed by atoms with Gasteiger partial charge in [0, 0.05) is 31.9 Å². The maximum atomic E-state index is 12.6. The fourth-order valence-electron chi connectivity index (χ4n) is 3.01. The zero-order valence-corrected chi connectivity index (χ0v) is 15.5. The number of para-hydroxylation sites is 1. The molecule has 0 spiro atoms. The number of benzene rings is 2. The van der Waals surface area contributed by atoms with Crippen molar-refractivity contribution in [2.45, 2.75) is 17.9 Å². The molecule has 1 aliphatic rings. The number of amides is 1. The first-order valence-electron chi connectivity index (χ1n) is 8.64. The van der Waals surface area contributed by atoms with E-state index in [1.165, 1.54) is 4.31 Å². The third-order valence-electron chi connectivity index (χ3n) is 4.46. The third kappa shape index (κ3) is 4.05. The molecule has 1 atom stereocenters. The van der Waals surface area contributed by atoms with Crippen molar-refractivity contribution >= 4 is 21.6 Å². The van der Waals surface area contributed by atoms with Gasteiger partial charge in [-0.3, -0.25) is 4.79 Å². The lowest BCUT2D eigenvalue weighted by Crippen LogP contribution is -2.53. The molecule has 1 N–H and O–H groups in total. The van der Waals surface area contributed by atoms with Crippen molar-refractivity contribution in [3.63, 3.8) is 0 Å². The van der Waals surface area contributed by atoms with Crippen molar-refractivity contribution in [2.24, 2.45) is 0 Å². The van der Waals surface area contributed by atoms with E-state index in [-0.39, 0.29) is 11.9 Å². The average Bonchev–Trinajstić information content (AvgIpc) is 2.69. The molecule has 1 unspecified atom stereocenters. The first-order valence-corrected chi connectivity index (χ1v) is 10.1. The molecule has 1 heterocycles. The second-order valence-corrected chi connectivity index (χ2v) is 8.21. The van der Waals surface area contributed by atoms with E-state index in [4.69, 9.17) is 0 Å². The minimum atomic E-state index is -3.50. The molecule has 1 aliphatic heterocycles. The molecule has 1 saturated heterocycles. The van der Waals surface area contributed by atoms with Crippen LogP contribution in [0.2, 0.25) is 0 Å². The number of carbonyl (C=O) groups is 1. The minimum Gasteiger partial charge on any atom is -0.374 e. The molecule has 7 heteroatoms. The zero-order valence-electron chi connectivity index (χ0n) is 14.7. The maximum absolute atomic E-state index is 12.6. The van der Waals surface area contributed by atoms with Crippen LogP contribution in [0.25, 0.3) is 0 Å². The summed E-state index contributed by atoms with van der Waals surface area (Å²) in [7, 11) is -3.50. The Balaban J connectivity index is 1.59. The summed E-state index contributed by atoms with van der Waals surface area (Å²) in [4.78, 5) is 14.6. The van der Waals surface area contributed by atoms with Crippen molar-refractivity contribution in [2.75, 3.05) is 31.5 Å². The van der Waals surface area contributed by atoms with Crippen LogP contribution < -0.4 is 5.32 Å². The lowest BCUT2D eigenvalue weighted by molar-refractivity contribution is -0.132. The number of rotatable bonds is 5. The van der Waals surface area contributed by atoms with Gasteiger partial charge in [0.15, 0.2) is 0 Å². The van der Waals surface area contributed by atoms with Gasteiger partial charge in [0.25, 0.3) is 0 Å². The van der Waals surface area contributed by atoms with Gasteiger partial charge in [-0.2, -0.15) is 4.31 Å². The van der Waals surface area contributed by atoms with Crippen LogP contribution in [0.3, 0.4) is 0 Å². The molecular weight excluding hydrogens is 350 g/mol. The van der Waals surface area contributed by atoms with Crippen LogP contribution in [0.1, 0.15) is 6.92 Å². The summed E-state index contributed by atoms with van der Waals surface area (Å²) in [5, 5.41) is 3.18. The van der Waals surface area contributed by atoms with Gasteiger partial charge in [-0.15, -0.1) is 0 Å². The van der Waals surface area contributed by atoms with Crippen LogP contribution in [0, 0.1) is 0 Å². The van der Waals surface area contributed by atoms with E-state index in [9.17, 15) is 13.2 Å². The van der Waals surface area contributed by atoms with Gasteiger partial charge in [-0.05, 0) is 31.2 Å². The van der Waals surface area contributed by atoms with Crippen LogP contribution >= 0.6 is 0 Å². The molecule has 2 aromatic rings. The topological polar surface area (TPSA) is 69.7 Å². The van der Waals surface area contributed by atoms with E-state index in [0.717, 1.165) is 5.69 Å². The van der Waals surface area contributed by atoms with E-state index in [0.29, 0.717) is 31.1 Å². The molecule has 3 rings (SSSR count). The van der Waals surface area contributed by atoms with Crippen molar-refractivity contribution < 1.29 is 13.2 Å². The highest BCUT2D eigenvalue weighted by molar-refractivity contribution is 7.89. The lowest BCUT2D eigenvalue weighted by Gasteiger charge is -2.35. The number of hydrogen-bond donors (Lipinski definition) is 1. The van der Waals surface area contributed by atoms with Crippen LogP contribution in [0.5, 0.6) is 0 Å². The third-order valence-corrected chi connectivity index (χ3v) is 6.37. The van der Waals surface area contributed by atoms with Crippen LogP contribution in [-0.2, 0) is 14.8 Å². The molecule has 0 saturated carbocycles.